The van der Waals surface area contributed by atoms with Crippen LogP contribution in [0.5, 0.6) is 5.75 Å². The monoisotopic (exact) mass is 477 g/mol. The van der Waals surface area contributed by atoms with Gasteiger partial charge in [-0.1, -0.05) is 42.1 Å². The van der Waals surface area contributed by atoms with Gasteiger partial charge in [-0.2, -0.15) is 26.3 Å². The quantitative estimate of drug-likeness (QED) is 0.503. The van der Waals surface area contributed by atoms with Gasteiger partial charge in [0.05, 0.1) is 12.4 Å². The summed E-state index contributed by atoms with van der Waals surface area (Å²) in [5.74, 6) is 0.0579. The van der Waals surface area contributed by atoms with E-state index < -0.39 is 31.5 Å². The Morgan fingerprint density at radius 2 is 1.59 bits per heavy atom. The molecule has 32 heavy (non-hydrogen) atoms. The fourth-order valence-corrected chi connectivity index (χ4v) is 3.70. The number of hydrogen-bond acceptors (Lipinski definition) is 4. The lowest BCUT2D eigenvalue weighted by Crippen LogP contribution is -2.50. The number of ether oxygens (including phenoxy) is 1. The number of urea groups is 1. The molecule has 1 heterocycles. The summed E-state index contributed by atoms with van der Waals surface area (Å²) in [6, 6.07) is 13.5. The van der Waals surface area contributed by atoms with Gasteiger partial charge in [-0.3, -0.25) is 14.8 Å². The van der Waals surface area contributed by atoms with E-state index in [1.807, 2.05) is 0 Å². The molecule has 2 amide bonds. The van der Waals surface area contributed by atoms with Crippen LogP contribution < -0.4 is 9.64 Å². The Hall–Kier alpha value is -2.89. The maximum absolute atomic E-state index is 13.1. The van der Waals surface area contributed by atoms with Crippen LogP contribution in [0.25, 0.3) is 0 Å². The summed E-state index contributed by atoms with van der Waals surface area (Å²) in [6.45, 7) is -3.01. The Morgan fingerprint density at radius 1 is 0.938 bits per heavy atom. The highest BCUT2D eigenvalue weighted by Crippen LogP contribution is 2.29. The molecule has 3 rings (SSSR count). The van der Waals surface area contributed by atoms with E-state index in [4.69, 9.17) is 0 Å². The number of amidine groups is 1. The van der Waals surface area contributed by atoms with E-state index in [2.05, 4.69) is 9.73 Å². The Morgan fingerprint density at radius 3 is 2.19 bits per heavy atom. The molecule has 0 aromatic heterocycles. The summed E-state index contributed by atoms with van der Waals surface area (Å²) >= 11 is 0.983. The summed E-state index contributed by atoms with van der Waals surface area (Å²) < 4.78 is 79.5. The van der Waals surface area contributed by atoms with Gasteiger partial charge in [0.15, 0.2) is 11.8 Å². The highest BCUT2D eigenvalue weighted by Gasteiger charge is 2.34. The van der Waals surface area contributed by atoms with E-state index in [1.54, 1.807) is 30.3 Å². The van der Waals surface area contributed by atoms with Gasteiger partial charge in [0.25, 0.3) is 0 Å². The van der Waals surface area contributed by atoms with Crippen LogP contribution in [0.3, 0.4) is 0 Å². The SMILES string of the molecule is O=C1N(Cc2ccc(OCC(F)(F)F)cc2)/C(=N\CC(F)(F)F)SCN1c1ccccc1. The van der Waals surface area contributed by atoms with Crippen LogP contribution in [0.1, 0.15) is 5.56 Å². The van der Waals surface area contributed by atoms with Crippen molar-refractivity contribution < 1.29 is 35.9 Å². The average molecular weight is 477 g/mol. The van der Waals surface area contributed by atoms with Crippen LogP contribution in [0.2, 0.25) is 0 Å². The third-order valence-corrected chi connectivity index (χ3v) is 5.14. The van der Waals surface area contributed by atoms with E-state index in [0.717, 1.165) is 16.7 Å². The molecule has 12 heteroatoms. The molecule has 5 nitrogen and oxygen atoms in total. The van der Waals surface area contributed by atoms with Crippen molar-refractivity contribution >= 4 is 28.6 Å². The van der Waals surface area contributed by atoms with E-state index in [0.29, 0.717) is 11.3 Å². The first-order valence-electron chi connectivity index (χ1n) is 9.18. The molecule has 0 saturated carbocycles. The molecule has 0 atom stereocenters. The van der Waals surface area contributed by atoms with Gasteiger partial charge >= 0.3 is 18.4 Å². The van der Waals surface area contributed by atoms with Crippen molar-refractivity contribution in [3.8, 4) is 5.75 Å². The van der Waals surface area contributed by atoms with Gasteiger partial charge in [0, 0.05) is 5.69 Å². The first kappa shape index (κ1) is 23.8. The molecule has 1 saturated heterocycles. The molecule has 0 radical (unpaired) electrons. The molecular formula is C20H17F6N3O2S. The van der Waals surface area contributed by atoms with Crippen LogP contribution in [0, 0.1) is 0 Å². The summed E-state index contributed by atoms with van der Waals surface area (Å²) in [7, 11) is 0. The molecule has 1 aliphatic rings. The number of aliphatic imine (C=N–C) groups is 1. The number of halogens is 6. The number of anilines is 1. The molecule has 0 N–H and O–H groups in total. The molecule has 1 aliphatic heterocycles. The second-order valence-corrected chi connectivity index (χ2v) is 7.58. The van der Waals surface area contributed by atoms with Gasteiger partial charge < -0.3 is 4.74 Å². The molecule has 2 aromatic rings. The highest BCUT2D eigenvalue weighted by atomic mass is 32.2. The predicted octanol–water partition coefficient (Wildman–Crippen LogP) is 5.68. The van der Waals surface area contributed by atoms with Crippen LogP contribution in [0.4, 0.5) is 36.8 Å². The zero-order valence-corrected chi connectivity index (χ0v) is 17.2. The zero-order valence-electron chi connectivity index (χ0n) is 16.4. The first-order chi connectivity index (χ1) is 15.0. The number of benzene rings is 2. The van der Waals surface area contributed by atoms with Crippen LogP contribution in [-0.4, -0.2) is 47.5 Å². The third-order valence-electron chi connectivity index (χ3n) is 4.14. The molecule has 1 fully saturated rings. The van der Waals surface area contributed by atoms with E-state index in [1.165, 1.54) is 29.2 Å². The van der Waals surface area contributed by atoms with Crippen LogP contribution in [-0.2, 0) is 6.54 Å². The number of carbonyl (C=O) groups is 1. The molecule has 0 bridgehead atoms. The Kier molecular flexibility index (Phi) is 7.22. The van der Waals surface area contributed by atoms with Crippen molar-refractivity contribution in [2.24, 2.45) is 4.99 Å². The Labute approximate surface area is 183 Å². The maximum atomic E-state index is 13.1. The number of para-hydroxylation sites is 1. The number of thioether (sulfide) groups is 1. The van der Waals surface area contributed by atoms with E-state index >= 15 is 0 Å². The Balaban J connectivity index is 1.80. The molecule has 0 unspecified atom stereocenters. The normalized spacial score (nSPS) is 16.6. The minimum Gasteiger partial charge on any atom is -0.484 e. The van der Waals surface area contributed by atoms with Crippen LogP contribution >= 0.6 is 11.8 Å². The molecule has 2 aromatic carbocycles. The van der Waals surface area contributed by atoms with E-state index in [9.17, 15) is 31.1 Å². The lowest BCUT2D eigenvalue weighted by atomic mass is 10.2. The van der Waals surface area contributed by atoms with Crippen molar-refractivity contribution in [1.29, 1.82) is 0 Å². The van der Waals surface area contributed by atoms with Gasteiger partial charge in [-0.05, 0) is 29.8 Å². The molecule has 172 valence electrons. The third kappa shape index (κ3) is 6.81. The fraction of sp³-hybridized carbons (Fsp3) is 0.300. The van der Waals surface area contributed by atoms with Crippen molar-refractivity contribution in [1.82, 2.24) is 4.90 Å². The second kappa shape index (κ2) is 9.72. The largest absolute Gasteiger partial charge is 0.484 e. The van der Waals surface area contributed by atoms with Crippen molar-refractivity contribution in [2.45, 2.75) is 18.9 Å². The second-order valence-electron chi connectivity index (χ2n) is 6.67. The van der Waals surface area contributed by atoms with Gasteiger partial charge in [-0.25, -0.2) is 4.79 Å². The van der Waals surface area contributed by atoms with Crippen LogP contribution in [0.15, 0.2) is 59.6 Å². The predicted molar refractivity (Wildman–Crippen MR) is 109 cm³/mol. The number of rotatable bonds is 6. The smallest absolute Gasteiger partial charge is 0.422 e. The Bertz CT molecular complexity index is 949. The molecule has 0 aliphatic carbocycles. The van der Waals surface area contributed by atoms with Gasteiger partial charge in [0.1, 0.15) is 12.3 Å². The van der Waals surface area contributed by atoms with Gasteiger partial charge in [-0.15, -0.1) is 0 Å². The van der Waals surface area contributed by atoms with E-state index in [-0.39, 0.29) is 23.3 Å². The van der Waals surface area contributed by atoms with Crippen molar-refractivity contribution in [3.63, 3.8) is 0 Å². The topological polar surface area (TPSA) is 45.1 Å². The number of alkyl halides is 6. The van der Waals surface area contributed by atoms with Crippen molar-refractivity contribution in [3.05, 3.63) is 60.2 Å². The number of nitrogens with zero attached hydrogens (tertiary/aromatic N) is 3. The number of amides is 2. The number of carbonyl (C=O) groups excluding carboxylic acids is 1. The minimum atomic E-state index is -4.53. The van der Waals surface area contributed by atoms with Crippen molar-refractivity contribution in [2.75, 3.05) is 23.9 Å². The highest BCUT2D eigenvalue weighted by molar-refractivity contribution is 8.14. The first-order valence-corrected chi connectivity index (χ1v) is 10.2. The summed E-state index contributed by atoms with van der Waals surface area (Å²) in [5.41, 5.74) is 1.05. The number of hydrogen-bond donors (Lipinski definition) is 0. The average Bonchev–Trinajstić information content (AvgIpc) is 2.73. The lowest BCUT2D eigenvalue weighted by molar-refractivity contribution is -0.153. The summed E-state index contributed by atoms with van der Waals surface area (Å²) in [5, 5.41) is -0.0862. The lowest BCUT2D eigenvalue weighted by Gasteiger charge is -2.36. The molecule has 0 spiro atoms. The minimum absolute atomic E-state index is 0.0257. The molecular weight excluding hydrogens is 460 g/mol. The summed E-state index contributed by atoms with van der Waals surface area (Å²) in [6.07, 6.45) is -9.02. The van der Waals surface area contributed by atoms with Gasteiger partial charge in [0.2, 0.25) is 0 Å². The standard InChI is InChI=1S/C20H17F6N3O2S/c21-19(22,23)11-27-17-28(18(30)29(13-32-17)15-4-2-1-3-5-15)10-14-6-8-16(9-7-14)31-12-20(24,25)26/h1-9H,10-13H2/b27-17+. The maximum Gasteiger partial charge on any atom is 0.422 e. The zero-order chi connectivity index (χ0) is 23.4. The fourth-order valence-electron chi connectivity index (χ4n) is 2.74. The summed E-state index contributed by atoms with van der Waals surface area (Å²) in [4.78, 5) is 19.2.